The molecule has 3 aromatic rings. The fourth-order valence-corrected chi connectivity index (χ4v) is 3.56. The summed E-state index contributed by atoms with van der Waals surface area (Å²) in [7, 11) is 3.33. The monoisotopic (exact) mass is 369 g/mol. The Hall–Kier alpha value is -2.66. The number of aromatic nitrogens is 2. The highest BCUT2D eigenvalue weighted by Crippen LogP contribution is 2.40. The topological polar surface area (TPSA) is 48.3 Å². The summed E-state index contributed by atoms with van der Waals surface area (Å²) in [5, 5.41) is 9.10. The lowest BCUT2D eigenvalue weighted by Crippen LogP contribution is -2.06. The fourth-order valence-electron chi connectivity index (χ4n) is 3.39. The first-order chi connectivity index (χ1) is 12.6. The van der Waals surface area contributed by atoms with Crippen molar-refractivity contribution in [1.82, 2.24) is 9.78 Å². The third-order valence-electron chi connectivity index (χ3n) is 4.78. The van der Waals surface area contributed by atoms with Crippen LogP contribution < -0.4 is 14.8 Å². The van der Waals surface area contributed by atoms with Gasteiger partial charge in [0, 0.05) is 22.7 Å². The Balaban J connectivity index is 1.94. The van der Waals surface area contributed by atoms with Gasteiger partial charge >= 0.3 is 0 Å². The zero-order chi connectivity index (χ0) is 18.3. The summed E-state index contributed by atoms with van der Waals surface area (Å²) < 4.78 is 12.9. The molecule has 0 radical (unpaired) electrons. The highest BCUT2D eigenvalue weighted by Gasteiger charge is 2.26. The van der Waals surface area contributed by atoms with Crippen LogP contribution in [0.3, 0.4) is 0 Å². The van der Waals surface area contributed by atoms with Crippen LogP contribution >= 0.6 is 11.6 Å². The van der Waals surface area contributed by atoms with Gasteiger partial charge in [-0.15, -0.1) is 0 Å². The van der Waals surface area contributed by atoms with Crippen LogP contribution in [0.2, 0.25) is 5.02 Å². The van der Waals surface area contributed by atoms with Crippen LogP contribution in [0, 0.1) is 6.92 Å². The number of benzene rings is 2. The minimum Gasteiger partial charge on any atom is -0.497 e. The minimum atomic E-state index is 0.727. The van der Waals surface area contributed by atoms with Gasteiger partial charge in [0.2, 0.25) is 0 Å². The summed E-state index contributed by atoms with van der Waals surface area (Å²) >= 11 is 6.33. The zero-order valence-electron chi connectivity index (χ0n) is 15.0. The van der Waals surface area contributed by atoms with Gasteiger partial charge in [-0.1, -0.05) is 17.7 Å². The van der Waals surface area contributed by atoms with Gasteiger partial charge in [0.25, 0.3) is 0 Å². The number of methoxy groups -OCH3 is 2. The highest BCUT2D eigenvalue weighted by molar-refractivity contribution is 6.31. The van der Waals surface area contributed by atoms with E-state index in [0.29, 0.717) is 0 Å². The second-order valence-electron chi connectivity index (χ2n) is 6.21. The number of anilines is 1. The maximum Gasteiger partial charge on any atom is 0.133 e. The molecule has 0 atom stereocenters. The van der Waals surface area contributed by atoms with E-state index >= 15 is 0 Å². The lowest BCUT2D eigenvalue weighted by molar-refractivity contribution is 0.404. The van der Waals surface area contributed by atoms with Crippen LogP contribution in [0.25, 0.3) is 16.9 Å². The molecule has 0 saturated heterocycles. The number of hydrogen-bond donors (Lipinski definition) is 1. The summed E-state index contributed by atoms with van der Waals surface area (Å²) in [4.78, 5) is 0. The molecule has 0 amide bonds. The molecule has 0 fully saturated rings. The van der Waals surface area contributed by atoms with Gasteiger partial charge in [-0.3, -0.25) is 0 Å². The predicted molar refractivity (Wildman–Crippen MR) is 104 cm³/mol. The first-order valence-electron chi connectivity index (χ1n) is 8.47. The first-order valence-corrected chi connectivity index (χ1v) is 8.85. The quantitative estimate of drug-likeness (QED) is 0.736. The van der Waals surface area contributed by atoms with Gasteiger partial charge < -0.3 is 14.8 Å². The minimum absolute atomic E-state index is 0.727. The van der Waals surface area contributed by atoms with E-state index in [-0.39, 0.29) is 0 Å². The number of nitrogens with one attached hydrogen (secondary N) is 1. The Morgan fingerprint density at radius 2 is 2.00 bits per heavy atom. The molecule has 2 heterocycles. The molecule has 0 unspecified atom stereocenters. The van der Waals surface area contributed by atoms with Crippen LogP contribution in [0.5, 0.6) is 11.5 Å². The summed E-state index contributed by atoms with van der Waals surface area (Å²) in [6.07, 6.45) is 0.907. The van der Waals surface area contributed by atoms with E-state index in [9.17, 15) is 0 Å². The number of nitrogens with zero attached hydrogens (tertiary/aromatic N) is 2. The second-order valence-corrected chi connectivity index (χ2v) is 6.62. The average Bonchev–Trinajstić information content (AvgIpc) is 3.26. The van der Waals surface area contributed by atoms with Gasteiger partial charge in [0.15, 0.2) is 0 Å². The Morgan fingerprint density at radius 1 is 1.15 bits per heavy atom. The summed E-state index contributed by atoms with van der Waals surface area (Å²) in [6, 6.07) is 11.6. The SMILES string of the molecule is COc1ccc(OC)c(-c2nn(-c3cccc(Cl)c3C)c3c2CCN3)c1. The van der Waals surface area contributed by atoms with E-state index in [0.717, 1.165) is 57.8 Å². The molecule has 1 N–H and O–H groups in total. The van der Waals surface area contributed by atoms with Crippen molar-refractivity contribution in [2.45, 2.75) is 13.3 Å². The molecule has 0 aliphatic carbocycles. The molecule has 0 spiro atoms. The number of rotatable bonds is 4. The number of fused-ring (bicyclic) bond motifs is 1. The van der Waals surface area contributed by atoms with E-state index in [1.54, 1.807) is 14.2 Å². The molecule has 5 nitrogen and oxygen atoms in total. The summed E-state index contributed by atoms with van der Waals surface area (Å²) in [6.45, 7) is 2.89. The molecule has 2 aromatic carbocycles. The van der Waals surface area contributed by atoms with Gasteiger partial charge in [0.1, 0.15) is 23.0 Å². The average molecular weight is 370 g/mol. The maximum atomic E-state index is 6.33. The standard InChI is InChI=1S/C20H20ClN3O2/c1-12-16(21)5-4-6-17(12)24-20-14(9-10-22-20)19(23-24)15-11-13(25-2)7-8-18(15)26-3/h4-8,11,22H,9-10H2,1-3H3. The summed E-state index contributed by atoms with van der Waals surface area (Å²) in [5.41, 5.74) is 4.97. The van der Waals surface area contributed by atoms with Crippen molar-refractivity contribution in [3.63, 3.8) is 0 Å². The van der Waals surface area contributed by atoms with Crippen LogP contribution in [0.15, 0.2) is 36.4 Å². The van der Waals surface area contributed by atoms with Crippen molar-refractivity contribution in [3.8, 4) is 28.4 Å². The third-order valence-corrected chi connectivity index (χ3v) is 5.19. The van der Waals surface area contributed by atoms with Crippen LogP contribution in [-0.2, 0) is 6.42 Å². The normalized spacial score (nSPS) is 12.6. The molecule has 26 heavy (non-hydrogen) atoms. The van der Waals surface area contributed by atoms with Crippen molar-refractivity contribution in [3.05, 3.63) is 52.5 Å². The molecular formula is C20H20ClN3O2. The van der Waals surface area contributed by atoms with Gasteiger partial charge in [-0.2, -0.15) is 5.10 Å². The van der Waals surface area contributed by atoms with Crippen molar-refractivity contribution >= 4 is 17.4 Å². The van der Waals surface area contributed by atoms with Crippen molar-refractivity contribution < 1.29 is 9.47 Å². The Bertz CT molecular complexity index is 981. The number of halogens is 1. The molecule has 4 rings (SSSR count). The van der Waals surface area contributed by atoms with E-state index < -0.39 is 0 Å². The molecule has 0 bridgehead atoms. The van der Waals surface area contributed by atoms with Crippen molar-refractivity contribution in [2.24, 2.45) is 0 Å². The predicted octanol–water partition coefficient (Wildman–Crippen LogP) is 4.49. The first kappa shape index (κ1) is 16.8. The molecule has 134 valence electrons. The molecule has 1 aliphatic heterocycles. The largest absolute Gasteiger partial charge is 0.497 e. The fraction of sp³-hybridized carbons (Fsp3) is 0.250. The lowest BCUT2D eigenvalue weighted by atomic mass is 10.1. The van der Waals surface area contributed by atoms with E-state index in [4.69, 9.17) is 26.2 Å². The molecule has 1 aliphatic rings. The van der Waals surface area contributed by atoms with Crippen LogP contribution in [0.4, 0.5) is 5.82 Å². The molecule has 6 heteroatoms. The Morgan fingerprint density at radius 3 is 2.77 bits per heavy atom. The Labute approximate surface area is 157 Å². The van der Waals surface area contributed by atoms with E-state index in [1.807, 2.05) is 48.0 Å². The van der Waals surface area contributed by atoms with Crippen LogP contribution in [0.1, 0.15) is 11.1 Å². The molecule has 0 saturated carbocycles. The summed E-state index contributed by atoms with van der Waals surface area (Å²) in [5.74, 6) is 2.55. The van der Waals surface area contributed by atoms with Crippen LogP contribution in [-0.4, -0.2) is 30.5 Å². The van der Waals surface area contributed by atoms with Gasteiger partial charge in [-0.05, 0) is 49.2 Å². The van der Waals surface area contributed by atoms with Crippen molar-refractivity contribution in [1.29, 1.82) is 0 Å². The van der Waals surface area contributed by atoms with E-state index in [1.165, 1.54) is 5.56 Å². The molecular weight excluding hydrogens is 350 g/mol. The smallest absolute Gasteiger partial charge is 0.133 e. The Kier molecular flexibility index (Phi) is 4.24. The maximum absolute atomic E-state index is 6.33. The van der Waals surface area contributed by atoms with E-state index in [2.05, 4.69) is 5.32 Å². The zero-order valence-corrected chi connectivity index (χ0v) is 15.7. The highest BCUT2D eigenvalue weighted by atomic mass is 35.5. The molecule has 1 aromatic heterocycles. The van der Waals surface area contributed by atoms with Gasteiger partial charge in [-0.25, -0.2) is 4.68 Å². The second kappa shape index (κ2) is 6.57. The van der Waals surface area contributed by atoms with Crippen molar-refractivity contribution in [2.75, 3.05) is 26.1 Å². The third kappa shape index (κ3) is 2.59. The lowest BCUT2D eigenvalue weighted by Gasteiger charge is -2.11. The number of ether oxygens (including phenoxy) is 2. The van der Waals surface area contributed by atoms with Gasteiger partial charge in [0.05, 0.1) is 19.9 Å². The number of hydrogen-bond acceptors (Lipinski definition) is 4.